The van der Waals surface area contributed by atoms with Crippen molar-refractivity contribution in [2.24, 2.45) is 0 Å². The molecule has 2 N–H and O–H groups in total. The van der Waals surface area contributed by atoms with Crippen LogP contribution in [0.15, 0.2) is 115 Å². The number of nitrogens with one attached hydrogen (secondary N) is 2. The lowest BCUT2D eigenvalue weighted by Crippen LogP contribution is -2.48. The average molecular weight is 560 g/mol. The summed E-state index contributed by atoms with van der Waals surface area (Å²) in [5.41, 5.74) is 5.61. The topological polar surface area (TPSA) is 87.7 Å². The van der Waals surface area contributed by atoms with Crippen molar-refractivity contribution in [3.63, 3.8) is 0 Å². The van der Waals surface area contributed by atoms with Gasteiger partial charge in [0, 0.05) is 17.8 Å². The zero-order valence-electron chi connectivity index (χ0n) is 23.7. The minimum Gasteiger partial charge on any atom is -0.463 e. The first-order chi connectivity index (χ1) is 20.5. The molecule has 4 aromatic rings. The van der Waals surface area contributed by atoms with Crippen molar-refractivity contribution in [3.05, 3.63) is 131 Å². The summed E-state index contributed by atoms with van der Waals surface area (Å²) in [4.78, 5) is 41.3. The van der Waals surface area contributed by atoms with E-state index in [9.17, 15) is 14.4 Å². The van der Waals surface area contributed by atoms with Crippen LogP contribution in [-0.2, 0) is 9.53 Å². The maximum Gasteiger partial charge on any atom is 0.338 e. The second-order valence-electron chi connectivity index (χ2n) is 9.90. The molecule has 7 nitrogen and oxygen atoms in total. The fourth-order valence-electron chi connectivity index (χ4n) is 5.08. The Bertz CT molecular complexity index is 1580. The Kier molecular flexibility index (Phi) is 8.78. The van der Waals surface area contributed by atoms with Gasteiger partial charge in [-0.1, -0.05) is 91.9 Å². The number of hydrogen-bond donors (Lipinski definition) is 2. The fraction of sp³-hybridized carbons (Fsp3) is 0.171. The number of rotatable bonds is 9. The molecule has 1 aliphatic rings. The molecule has 0 aliphatic carbocycles. The molecule has 212 valence electrons. The Balaban J connectivity index is 1.42. The molecule has 1 heterocycles. The summed E-state index contributed by atoms with van der Waals surface area (Å²) < 4.78 is 5.48. The molecule has 3 amide bonds. The summed E-state index contributed by atoms with van der Waals surface area (Å²) in [5.74, 6) is -0.721. The van der Waals surface area contributed by atoms with Gasteiger partial charge in [0.15, 0.2) is 0 Å². The maximum atomic E-state index is 13.4. The van der Waals surface area contributed by atoms with E-state index in [-0.39, 0.29) is 18.5 Å². The van der Waals surface area contributed by atoms with Crippen molar-refractivity contribution in [2.45, 2.75) is 26.3 Å². The van der Waals surface area contributed by atoms with Crippen LogP contribution in [0.1, 0.15) is 47.8 Å². The molecule has 42 heavy (non-hydrogen) atoms. The van der Waals surface area contributed by atoms with Crippen LogP contribution in [0.3, 0.4) is 0 Å². The van der Waals surface area contributed by atoms with Crippen molar-refractivity contribution in [1.29, 1.82) is 0 Å². The number of hydrogen-bond acceptors (Lipinski definition) is 4. The van der Waals surface area contributed by atoms with Gasteiger partial charge < -0.3 is 15.4 Å². The SMILES string of the molecule is CCCN1C(=O)NC(c2ccc(NC(=O)c3ccc(-c4ccccc4)cc3)cc2)C(C(=O)OCC)=C1c1ccccc1. The third kappa shape index (κ3) is 6.10. The van der Waals surface area contributed by atoms with Gasteiger partial charge in [-0.25, -0.2) is 9.59 Å². The summed E-state index contributed by atoms with van der Waals surface area (Å²) >= 11 is 0. The smallest absolute Gasteiger partial charge is 0.338 e. The summed E-state index contributed by atoms with van der Waals surface area (Å²) in [6.07, 6.45) is 0.716. The average Bonchev–Trinajstić information content (AvgIpc) is 3.03. The molecule has 1 unspecified atom stereocenters. The van der Waals surface area contributed by atoms with Crippen molar-refractivity contribution >= 4 is 29.3 Å². The highest BCUT2D eigenvalue weighted by molar-refractivity contribution is 6.05. The first kappa shape index (κ1) is 28.4. The number of benzene rings is 4. The minimum atomic E-state index is -0.727. The summed E-state index contributed by atoms with van der Waals surface area (Å²) in [6, 6.07) is 33.0. The molecular formula is C35H33N3O4. The zero-order chi connectivity index (χ0) is 29.5. The standard InChI is InChI=1S/C35H33N3O4/c1-3-23-38-32(27-13-9-6-10-14-27)30(34(40)42-4-2)31(37-35(38)41)26-19-21-29(22-20-26)36-33(39)28-17-15-25(16-18-28)24-11-7-5-8-12-24/h5-22,31H,3-4,23H2,1-2H3,(H,36,39)(H,37,41). The lowest BCUT2D eigenvalue weighted by molar-refractivity contribution is -0.138. The Morgan fingerprint density at radius 2 is 1.38 bits per heavy atom. The first-order valence-corrected chi connectivity index (χ1v) is 14.1. The van der Waals surface area contributed by atoms with Gasteiger partial charge in [0.1, 0.15) is 0 Å². The molecule has 0 spiro atoms. The predicted molar refractivity (Wildman–Crippen MR) is 165 cm³/mol. The molecule has 0 aromatic heterocycles. The van der Waals surface area contributed by atoms with Crippen LogP contribution in [-0.4, -0.2) is 36.0 Å². The lowest BCUT2D eigenvalue weighted by atomic mass is 9.91. The van der Waals surface area contributed by atoms with Gasteiger partial charge in [0.25, 0.3) is 5.91 Å². The highest BCUT2D eigenvalue weighted by Gasteiger charge is 2.38. The zero-order valence-corrected chi connectivity index (χ0v) is 23.7. The Morgan fingerprint density at radius 1 is 0.786 bits per heavy atom. The van der Waals surface area contributed by atoms with E-state index in [0.29, 0.717) is 41.1 Å². The normalized spacial score (nSPS) is 14.8. The van der Waals surface area contributed by atoms with E-state index in [1.54, 1.807) is 48.2 Å². The van der Waals surface area contributed by atoms with Crippen LogP contribution in [0.5, 0.6) is 0 Å². The molecule has 0 saturated carbocycles. The van der Waals surface area contributed by atoms with Crippen LogP contribution in [0.2, 0.25) is 0 Å². The molecule has 0 bridgehead atoms. The third-order valence-electron chi connectivity index (χ3n) is 7.07. The van der Waals surface area contributed by atoms with Gasteiger partial charge in [-0.2, -0.15) is 0 Å². The van der Waals surface area contributed by atoms with Gasteiger partial charge in [0.05, 0.1) is 23.9 Å². The van der Waals surface area contributed by atoms with Crippen LogP contribution in [0.25, 0.3) is 16.8 Å². The number of anilines is 1. The van der Waals surface area contributed by atoms with Gasteiger partial charge in [-0.3, -0.25) is 9.69 Å². The van der Waals surface area contributed by atoms with Crippen molar-refractivity contribution < 1.29 is 19.1 Å². The molecule has 0 fully saturated rings. The van der Waals surface area contributed by atoms with Crippen LogP contribution in [0, 0.1) is 0 Å². The number of carbonyl (C=O) groups is 3. The summed E-state index contributed by atoms with van der Waals surface area (Å²) in [6.45, 7) is 4.39. The molecule has 4 aromatic carbocycles. The van der Waals surface area contributed by atoms with Crippen molar-refractivity contribution in [1.82, 2.24) is 10.2 Å². The fourth-order valence-corrected chi connectivity index (χ4v) is 5.08. The number of nitrogens with zero attached hydrogens (tertiary/aromatic N) is 1. The molecule has 7 heteroatoms. The van der Waals surface area contributed by atoms with E-state index in [2.05, 4.69) is 10.6 Å². The summed E-state index contributed by atoms with van der Waals surface area (Å²) in [7, 11) is 0. The van der Waals surface area contributed by atoms with Crippen LogP contribution >= 0.6 is 0 Å². The molecule has 0 radical (unpaired) electrons. The number of urea groups is 1. The van der Waals surface area contributed by atoms with E-state index < -0.39 is 12.0 Å². The third-order valence-corrected chi connectivity index (χ3v) is 7.07. The highest BCUT2D eigenvalue weighted by atomic mass is 16.5. The lowest BCUT2D eigenvalue weighted by Gasteiger charge is -2.36. The van der Waals surface area contributed by atoms with Crippen molar-refractivity contribution in [2.75, 3.05) is 18.5 Å². The van der Waals surface area contributed by atoms with Gasteiger partial charge in [0.2, 0.25) is 0 Å². The van der Waals surface area contributed by atoms with E-state index in [4.69, 9.17) is 4.74 Å². The Morgan fingerprint density at radius 3 is 1.98 bits per heavy atom. The number of ether oxygens (including phenoxy) is 1. The number of amides is 3. The number of esters is 1. The first-order valence-electron chi connectivity index (χ1n) is 14.1. The monoisotopic (exact) mass is 559 g/mol. The van der Waals surface area contributed by atoms with Gasteiger partial charge in [-0.15, -0.1) is 0 Å². The van der Waals surface area contributed by atoms with E-state index >= 15 is 0 Å². The van der Waals surface area contributed by atoms with Gasteiger partial charge in [-0.05, 0) is 59.9 Å². The van der Waals surface area contributed by atoms with E-state index in [0.717, 1.165) is 16.7 Å². The second-order valence-corrected chi connectivity index (χ2v) is 9.90. The Hall–Kier alpha value is -5.17. The molecule has 1 atom stereocenters. The molecule has 1 aliphatic heterocycles. The maximum absolute atomic E-state index is 13.4. The minimum absolute atomic E-state index is 0.205. The predicted octanol–water partition coefficient (Wildman–Crippen LogP) is 7.06. The quantitative estimate of drug-likeness (QED) is 0.215. The molecule has 5 rings (SSSR count). The van der Waals surface area contributed by atoms with E-state index in [1.165, 1.54) is 0 Å². The second kappa shape index (κ2) is 13.0. The van der Waals surface area contributed by atoms with Crippen LogP contribution in [0.4, 0.5) is 10.5 Å². The highest BCUT2D eigenvalue weighted by Crippen LogP contribution is 2.37. The Labute approximate surface area is 245 Å². The largest absolute Gasteiger partial charge is 0.463 e. The number of carbonyl (C=O) groups excluding carboxylic acids is 3. The van der Waals surface area contributed by atoms with Gasteiger partial charge >= 0.3 is 12.0 Å². The van der Waals surface area contributed by atoms with Crippen LogP contribution < -0.4 is 10.6 Å². The van der Waals surface area contributed by atoms with Crippen molar-refractivity contribution in [3.8, 4) is 11.1 Å². The molecule has 0 saturated heterocycles. The summed E-state index contributed by atoms with van der Waals surface area (Å²) in [5, 5.41) is 5.93. The molecular weight excluding hydrogens is 526 g/mol. The van der Waals surface area contributed by atoms with E-state index in [1.807, 2.05) is 79.7 Å².